The lowest BCUT2D eigenvalue weighted by atomic mass is 9.88. The molecule has 1 saturated heterocycles. The van der Waals surface area contributed by atoms with Gasteiger partial charge in [0.1, 0.15) is 0 Å². The molecule has 2 heterocycles. The van der Waals surface area contributed by atoms with Gasteiger partial charge in [0.05, 0.1) is 24.5 Å². The van der Waals surface area contributed by atoms with Gasteiger partial charge in [-0.1, -0.05) is 24.3 Å². The smallest absolute Gasteiger partial charge is 0.240 e. The molecule has 4 N–H and O–H groups in total. The van der Waals surface area contributed by atoms with Crippen molar-refractivity contribution in [1.82, 2.24) is 9.29 Å². The average Bonchev–Trinajstić information content (AvgIpc) is 3.15. The zero-order chi connectivity index (χ0) is 25.4. The molecule has 1 saturated carbocycles. The van der Waals surface area contributed by atoms with Crippen LogP contribution in [0.25, 0.3) is 11.3 Å². The molecule has 0 bridgehead atoms. The molecule has 3 atom stereocenters. The molecule has 1 amide bonds. The lowest BCUT2D eigenvalue weighted by molar-refractivity contribution is -0.120. The number of pyridine rings is 1. The van der Waals surface area contributed by atoms with E-state index in [0.717, 1.165) is 22.4 Å². The Morgan fingerprint density at radius 3 is 2.40 bits per heavy atom. The van der Waals surface area contributed by atoms with E-state index in [1.807, 2.05) is 38.1 Å². The van der Waals surface area contributed by atoms with Crippen molar-refractivity contribution in [3.8, 4) is 17.1 Å². The molecule has 10 heteroatoms. The first-order chi connectivity index (χ1) is 16.6. The van der Waals surface area contributed by atoms with Gasteiger partial charge in [-0.25, -0.2) is 17.7 Å². The molecule has 1 unspecified atom stereocenters. The number of aromatic nitrogens is 1. The number of aliphatic hydroxyl groups is 2. The summed E-state index contributed by atoms with van der Waals surface area (Å²) in [5.41, 5.74) is 9.53. The number of nitrogens with two attached hydrogens (primary N) is 1. The van der Waals surface area contributed by atoms with E-state index >= 15 is 0 Å². The number of nitrogens with zero attached hydrogens (tertiary/aromatic N) is 2. The van der Waals surface area contributed by atoms with Crippen LogP contribution in [0.5, 0.6) is 5.88 Å². The molecule has 4 rings (SSSR count). The summed E-state index contributed by atoms with van der Waals surface area (Å²) < 4.78 is 31.6. The quantitative estimate of drug-likeness (QED) is 0.522. The van der Waals surface area contributed by atoms with Crippen LogP contribution in [0.1, 0.15) is 49.7 Å². The predicted octanol–water partition coefficient (Wildman–Crippen LogP) is 1.70. The maximum atomic E-state index is 13.4. The molecule has 1 aromatic heterocycles. The highest BCUT2D eigenvalue weighted by molar-refractivity contribution is 7.91. The first-order valence-electron chi connectivity index (χ1n) is 12.0. The molecule has 2 aliphatic rings. The molecule has 1 aromatic carbocycles. The number of carbonyl (C=O) groups excluding carboxylic acids is 1. The van der Waals surface area contributed by atoms with Gasteiger partial charge in [-0.05, 0) is 49.8 Å². The van der Waals surface area contributed by atoms with E-state index in [9.17, 15) is 23.4 Å². The Hall–Kier alpha value is -2.53. The van der Waals surface area contributed by atoms with Crippen LogP contribution in [0.3, 0.4) is 0 Å². The molecule has 9 nitrogen and oxygen atoms in total. The second kappa shape index (κ2) is 9.85. The van der Waals surface area contributed by atoms with Gasteiger partial charge in [-0.2, -0.15) is 0 Å². The fourth-order valence-corrected chi connectivity index (χ4v) is 7.47. The third-order valence-electron chi connectivity index (χ3n) is 7.27. The van der Waals surface area contributed by atoms with Gasteiger partial charge in [0.25, 0.3) is 0 Å². The number of benzene rings is 1. The Kier molecular flexibility index (Phi) is 7.19. The Bertz CT molecular complexity index is 1180. The highest BCUT2D eigenvalue weighted by Gasteiger charge is 2.59. The van der Waals surface area contributed by atoms with E-state index < -0.39 is 32.9 Å². The zero-order valence-electron chi connectivity index (χ0n) is 20.1. The normalized spacial score (nSPS) is 26.1. The second-order valence-corrected chi connectivity index (χ2v) is 11.7. The van der Waals surface area contributed by atoms with Gasteiger partial charge in [0.2, 0.25) is 21.8 Å². The molecule has 1 aliphatic carbocycles. The van der Waals surface area contributed by atoms with Crippen molar-refractivity contribution in [2.45, 2.75) is 62.4 Å². The summed E-state index contributed by atoms with van der Waals surface area (Å²) >= 11 is 0. The fourth-order valence-electron chi connectivity index (χ4n) is 5.27. The SMILES string of the molecule is CCOc1cccc(-c2ccc(C3CCN(S(=O)(=O)C4(C(N)=O)C[C@@H](O)[C@@H](O)C4)CC3)cc2C)n1. The number of rotatable bonds is 7. The summed E-state index contributed by atoms with van der Waals surface area (Å²) in [6.07, 6.45) is -2.16. The molecule has 1 aliphatic heterocycles. The Labute approximate surface area is 206 Å². The van der Waals surface area contributed by atoms with Gasteiger partial charge in [0, 0.05) is 37.6 Å². The first-order valence-corrected chi connectivity index (χ1v) is 13.4. The maximum absolute atomic E-state index is 13.4. The van der Waals surface area contributed by atoms with E-state index in [2.05, 4.69) is 17.1 Å². The minimum Gasteiger partial charge on any atom is -0.478 e. The van der Waals surface area contributed by atoms with Gasteiger partial charge >= 0.3 is 0 Å². The van der Waals surface area contributed by atoms with Crippen molar-refractivity contribution in [2.24, 2.45) is 5.73 Å². The van der Waals surface area contributed by atoms with Crippen molar-refractivity contribution in [3.63, 3.8) is 0 Å². The molecule has 0 spiro atoms. The maximum Gasteiger partial charge on any atom is 0.240 e. The van der Waals surface area contributed by atoms with Crippen molar-refractivity contribution in [3.05, 3.63) is 47.5 Å². The van der Waals surface area contributed by atoms with E-state index in [1.54, 1.807) is 0 Å². The van der Waals surface area contributed by atoms with Crippen LogP contribution < -0.4 is 10.5 Å². The molecular weight excluding hydrogens is 470 g/mol. The van der Waals surface area contributed by atoms with Crippen LogP contribution in [0, 0.1) is 6.92 Å². The molecule has 190 valence electrons. The number of amides is 1. The summed E-state index contributed by atoms with van der Waals surface area (Å²) in [4.78, 5) is 16.8. The third kappa shape index (κ3) is 4.67. The highest BCUT2D eigenvalue weighted by atomic mass is 32.2. The summed E-state index contributed by atoms with van der Waals surface area (Å²) in [5.74, 6) is -0.275. The molecule has 2 fully saturated rings. The van der Waals surface area contributed by atoms with Crippen molar-refractivity contribution in [1.29, 1.82) is 0 Å². The molecule has 35 heavy (non-hydrogen) atoms. The van der Waals surface area contributed by atoms with Gasteiger partial charge < -0.3 is 20.7 Å². The van der Waals surface area contributed by atoms with Crippen LogP contribution in [-0.4, -0.2) is 70.5 Å². The fraction of sp³-hybridized carbons (Fsp3) is 0.520. The summed E-state index contributed by atoms with van der Waals surface area (Å²) in [6.45, 7) is 4.98. The van der Waals surface area contributed by atoms with Crippen LogP contribution in [0.2, 0.25) is 0 Å². The Morgan fingerprint density at radius 2 is 1.83 bits per heavy atom. The van der Waals surface area contributed by atoms with Crippen molar-refractivity contribution < 1.29 is 28.2 Å². The van der Waals surface area contributed by atoms with E-state index in [0.29, 0.717) is 25.3 Å². The van der Waals surface area contributed by atoms with Crippen molar-refractivity contribution >= 4 is 15.9 Å². The molecular formula is C25H33N3O6S. The topological polar surface area (TPSA) is 143 Å². The number of primary amides is 1. The number of hydrogen-bond acceptors (Lipinski definition) is 7. The van der Waals surface area contributed by atoms with Gasteiger partial charge in [-0.3, -0.25) is 4.79 Å². The largest absolute Gasteiger partial charge is 0.478 e. The molecule has 0 radical (unpaired) electrons. The number of sulfonamides is 1. The standard InChI is InChI=1S/C25H33N3O6S/c1-3-34-23-6-4-5-20(27-23)19-8-7-18(13-16(19)2)17-9-11-28(12-10-17)35(32,33)25(24(26)31)14-21(29)22(30)15-25/h4-8,13,17,21-22,29-30H,3,9-12,14-15H2,1-2H3,(H2,26,31)/t21-,22+,25?. The first kappa shape index (κ1) is 25.6. The molecule has 2 aromatic rings. The number of aliphatic hydroxyl groups excluding tert-OH is 2. The predicted molar refractivity (Wildman–Crippen MR) is 131 cm³/mol. The Morgan fingerprint density at radius 1 is 1.17 bits per heavy atom. The average molecular weight is 504 g/mol. The monoisotopic (exact) mass is 503 g/mol. The van der Waals surface area contributed by atoms with Crippen LogP contribution in [0.4, 0.5) is 0 Å². The lowest BCUT2D eigenvalue weighted by Gasteiger charge is -2.37. The number of aryl methyl sites for hydroxylation is 1. The third-order valence-corrected chi connectivity index (χ3v) is 9.84. The summed E-state index contributed by atoms with van der Waals surface area (Å²) in [6, 6.07) is 11.9. The summed E-state index contributed by atoms with van der Waals surface area (Å²) in [5, 5.41) is 19.9. The second-order valence-electron chi connectivity index (χ2n) is 9.45. The number of ether oxygens (including phenoxy) is 1. The van der Waals surface area contributed by atoms with Crippen molar-refractivity contribution in [2.75, 3.05) is 19.7 Å². The van der Waals surface area contributed by atoms with E-state index in [-0.39, 0.29) is 31.8 Å². The number of hydrogen-bond donors (Lipinski definition) is 3. The van der Waals surface area contributed by atoms with Crippen LogP contribution >= 0.6 is 0 Å². The zero-order valence-corrected chi connectivity index (χ0v) is 20.9. The highest BCUT2D eigenvalue weighted by Crippen LogP contribution is 2.41. The van der Waals surface area contributed by atoms with E-state index in [1.165, 1.54) is 4.31 Å². The summed E-state index contributed by atoms with van der Waals surface area (Å²) in [7, 11) is -4.14. The van der Waals surface area contributed by atoms with E-state index in [4.69, 9.17) is 10.5 Å². The Balaban J connectivity index is 1.48. The van der Waals surface area contributed by atoms with Crippen LogP contribution in [0.15, 0.2) is 36.4 Å². The van der Waals surface area contributed by atoms with Gasteiger partial charge in [-0.15, -0.1) is 0 Å². The minimum atomic E-state index is -4.14. The number of carbonyl (C=O) groups is 1. The van der Waals surface area contributed by atoms with Crippen LogP contribution in [-0.2, 0) is 14.8 Å². The lowest BCUT2D eigenvalue weighted by Crippen LogP contribution is -2.56. The minimum absolute atomic E-state index is 0.168. The van der Waals surface area contributed by atoms with Gasteiger partial charge in [0.15, 0.2) is 4.75 Å². The number of piperidine rings is 1.